The van der Waals surface area contributed by atoms with Gasteiger partial charge in [-0.25, -0.2) is 12.7 Å². The van der Waals surface area contributed by atoms with Gasteiger partial charge in [0.1, 0.15) is 0 Å². The Labute approximate surface area is 142 Å². The molecule has 0 aromatic heterocycles. The second-order valence-electron chi connectivity index (χ2n) is 7.73. The summed E-state index contributed by atoms with van der Waals surface area (Å²) in [7, 11) is -3.14. The highest BCUT2D eigenvalue weighted by Crippen LogP contribution is 2.30. The van der Waals surface area contributed by atoms with Crippen molar-refractivity contribution in [2.45, 2.75) is 52.0 Å². The summed E-state index contributed by atoms with van der Waals surface area (Å²) in [5.41, 5.74) is 0. The van der Waals surface area contributed by atoms with Gasteiger partial charge >= 0.3 is 0 Å². The van der Waals surface area contributed by atoms with E-state index in [1.54, 1.807) is 4.31 Å². The molecule has 1 unspecified atom stereocenters. The molecule has 1 saturated heterocycles. The Morgan fingerprint density at radius 2 is 1.70 bits per heavy atom. The molecule has 0 aromatic carbocycles. The zero-order valence-electron chi connectivity index (χ0n) is 15.1. The Hall–Kier alpha value is -0.170. The van der Waals surface area contributed by atoms with Crippen LogP contribution in [0.2, 0.25) is 0 Å². The lowest BCUT2D eigenvalue weighted by Gasteiger charge is -2.42. The van der Waals surface area contributed by atoms with Crippen molar-refractivity contribution >= 4 is 10.0 Å². The molecule has 1 N–H and O–H groups in total. The summed E-state index contributed by atoms with van der Waals surface area (Å²) >= 11 is 0. The number of sulfonamides is 1. The molecule has 23 heavy (non-hydrogen) atoms. The molecular weight excluding hydrogens is 310 g/mol. The van der Waals surface area contributed by atoms with Crippen molar-refractivity contribution in [1.29, 1.82) is 0 Å². The molecule has 0 aromatic rings. The van der Waals surface area contributed by atoms with E-state index in [0.717, 1.165) is 26.2 Å². The first kappa shape index (κ1) is 19.2. The predicted octanol–water partition coefficient (Wildman–Crippen LogP) is 1.76. The summed E-state index contributed by atoms with van der Waals surface area (Å²) in [6, 6.07) is 0.380. The van der Waals surface area contributed by atoms with E-state index in [1.165, 1.54) is 38.4 Å². The van der Waals surface area contributed by atoms with Gasteiger partial charge in [-0.3, -0.25) is 4.90 Å². The summed E-state index contributed by atoms with van der Waals surface area (Å²) in [5, 5.41) is 3.41. The van der Waals surface area contributed by atoms with Crippen LogP contribution in [0.5, 0.6) is 0 Å². The molecule has 0 radical (unpaired) electrons. The molecule has 0 spiro atoms. The van der Waals surface area contributed by atoms with Crippen molar-refractivity contribution in [2.75, 3.05) is 45.5 Å². The summed E-state index contributed by atoms with van der Waals surface area (Å²) in [5.74, 6) is 1.01. The smallest absolute Gasteiger partial charge is 0.211 e. The minimum Gasteiger partial charge on any atom is -0.314 e. The molecule has 136 valence electrons. The van der Waals surface area contributed by atoms with Crippen LogP contribution >= 0.6 is 0 Å². The average molecular weight is 346 g/mol. The lowest BCUT2D eigenvalue weighted by Crippen LogP contribution is -2.55. The topological polar surface area (TPSA) is 52.6 Å². The van der Waals surface area contributed by atoms with Gasteiger partial charge in [-0.05, 0) is 24.7 Å². The zero-order valence-corrected chi connectivity index (χ0v) is 15.9. The van der Waals surface area contributed by atoms with Gasteiger partial charge in [0, 0.05) is 45.3 Å². The number of nitrogens with one attached hydrogen (secondary N) is 1. The van der Waals surface area contributed by atoms with E-state index in [4.69, 9.17) is 0 Å². The Morgan fingerprint density at radius 1 is 1.09 bits per heavy atom. The Kier molecular flexibility index (Phi) is 7.32. The number of piperazine rings is 1. The first-order chi connectivity index (χ1) is 10.9. The molecule has 2 rings (SSSR count). The van der Waals surface area contributed by atoms with Gasteiger partial charge in [-0.2, -0.15) is 0 Å². The van der Waals surface area contributed by atoms with Gasteiger partial charge in [0.25, 0.3) is 0 Å². The van der Waals surface area contributed by atoms with Crippen molar-refractivity contribution in [2.24, 2.45) is 11.8 Å². The third kappa shape index (κ3) is 6.00. The second-order valence-corrected chi connectivity index (χ2v) is 9.71. The largest absolute Gasteiger partial charge is 0.314 e. The van der Waals surface area contributed by atoms with Gasteiger partial charge in [-0.15, -0.1) is 0 Å². The first-order valence-corrected chi connectivity index (χ1v) is 11.1. The van der Waals surface area contributed by atoms with Crippen LogP contribution in [0, 0.1) is 11.8 Å². The summed E-state index contributed by atoms with van der Waals surface area (Å²) in [6.07, 6.45) is 7.83. The zero-order chi connectivity index (χ0) is 16.9. The maximum Gasteiger partial charge on any atom is 0.211 e. The van der Waals surface area contributed by atoms with Gasteiger partial charge in [0.2, 0.25) is 10.0 Å². The van der Waals surface area contributed by atoms with Crippen LogP contribution < -0.4 is 5.32 Å². The molecule has 2 aliphatic rings. The van der Waals surface area contributed by atoms with E-state index in [-0.39, 0.29) is 0 Å². The number of hydrogen-bond donors (Lipinski definition) is 1. The standard InChI is InChI=1S/C17H35N3O2S/c1-15(2)13-20(23(3,21)22)14-17(16-7-5-4-6-8-16)19-11-9-18-10-12-19/h15-18H,4-14H2,1-3H3. The number of hydrogen-bond acceptors (Lipinski definition) is 4. The van der Waals surface area contributed by atoms with Gasteiger partial charge in [0.05, 0.1) is 6.26 Å². The fraction of sp³-hybridized carbons (Fsp3) is 1.00. The SMILES string of the molecule is CC(C)CN(CC(C1CCCCC1)N1CCNCC1)S(C)(=O)=O. The van der Waals surface area contributed by atoms with E-state index in [2.05, 4.69) is 24.1 Å². The molecule has 0 bridgehead atoms. The van der Waals surface area contributed by atoms with Crippen molar-refractivity contribution in [3.63, 3.8) is 0 Å². The lowest BCUT2D eigenvalue weighted by atomic mass is 9.83. The highest BCUT2D eigenvalue weighted by molar-refractivity contribution is 7.88. The Bertz CT molecular complexity index is 423. The van der Waals surface area contributed by atoms with Gasteiger partial charge < -0.3 is 5.32 Å². The number of rotatable bonds is 7. The van der Waals surface area contributed by atoms with Crippen LogP contribution in [-0.4, -0.2) is 69.2 Å². The molecule has 5 nitrogen and oxygen atoms in total. The summed E-state index contributed by atoms with van der Waals surface area (Å²) in [6.45, 7) is 9.62. The molecule has 1 atom stereocenters. The molecule has 1 aliphatic heterocycles. The number of nitrogens with zero attached hydrogens (tertiary/aromatic N) is 2. The second kappa shape index (κ2) is 8.79. The molecule has 1 heterocycles. The van der Waals surface area contributed by atoms with Crippen LogP contribution in [0.25, 0.3) is 0 Å². The Morgan fingerprint density at radius 3 is 2.22 bits per heavy atom. The van der Waals surface area contributed by atoms with Crippen molar-refractivity contribution in [1.82, 2.24) is 14.5 Å². The van der Waals surface area contributed by atoms with Crippen LogP contribution in [0.1, 0.15) is 46.0 Å². The predicted molar refractivity (Wildman–Crippen MR) is 96.1 cm³/mol. The third-order valence-electron chi connectivity index (χ3n) is 5.24. The quantitative estimate of drug-likeness (QED) is 0.764. The van der Waals surface area contributed by atoms with E-state index in [0.29, 0.717) is 31.0 Å². The van der Waals surface area contributed by atoms with Crippen molar-refractivity contribution in [3.8, 4) is 0 Å². The third-order valence-corrected chi connectivity index (χ3v) is 6.48. The molecule has 1 saturated carbocycles. The maximum absolute atomic E-state index is 12.3. The Balaban J connectivity index is 2.13. The maximum atomic E-state index is 12.3. The fourth-order valence-electron chi connectivity index (χ4n) is 4.06. The van der Waals surface area contributed by atoms with E-state index < -0.39 is 10.0 Å². The minimum atomic E-state index is -3.14. The van der Waals surface area contributed by atoms with Crippen LogP contribution in [0.3, 0.4) is 0 Å². The molecule has 1 aliphatic carbocycles. The summed E-state index contributed by atoms with van der Waals surface area (Å²) in [4.78, 5) is 2.55. The van der Waals surface area contributed by atoms with Crippen LogP contribution in [-0.2, 0) is 10.0 Å². The van der Waals surface area contributed by atoms with E-state index in [1.807, 2.05) is 0 Å². The molecule has 6 heteroatoms. The van der Waals surface area contributed by atoms with Gasteiger partial charge in [-0.1, -0.05) is 33.1 Å². The monoisotopic (exact) mass is 345 g/mol. The fourth-order valence-corrected chi connectivity index (χ4v) is 5.05. The van der Waals surface area contributed by atoms with Crippen LogP contribution in [0.4, 0.5) is 0 Å². The van der Waals surface area contributed by atoms with E-state index >= 15 is 0 Å². The van der Waals surface area contributed by atoms with Crippen molar-refractivity contribution < 1.29 is 8.42 Å². The van der Waals surface area contributed by atoms with E-state index in [9.17, 15) is 8.42 Å². The average Bonchev–Trinajstić information content (AvgIpc) is 2.51. The molecule has 2 fully saturated rings. The minimum absolute atomic E-state index is 0.361. The molecular formula is C17H35N3O2S. The normalized spacial score (nSPS) is 23.5. The highest BCUT2D eigenvalue weighted by atomic mass is 32.2. The van der Waals surface area contributed by atoms with Crippen LogP contribution in [0.15, 0.2) is 0 Å². The first-order valence-electron chi connectivity index (χ1n) is 9.28. The summed E-state index contributed by atoms with van der Waals surface area (Å²) < 4.78 is 26.3. The van der Waals surface area contributed by atoms with Crippen molar-refractivity contribution in [3.05, 3.63) is 0 Å². The molecule has 0 amide bonds. The lowest BCUT2D eigenvalue weighted by molar-refractivity contribution is 0.0859. The highest BCUT2D eigenvalue weighted by Gasteiger charge is 2.33. The van der Waals surface area contributed by atoms with Gasteiger partial charge in [0.15, 0.2) is 0 Å².